The van der Waals surface area contributed by atoms with Crippen LogP contribution in [0.15, 0.2) is 12.2 Å². The molecular formula is C11H17NO3. The van der Waals surface area contributed by atoms with Gasteiger partial charge in [-0.25, -0.2) is 4.79 Å². The first-order valence-corrected chi connectivity index (χ1v) is 5.29. The molecule has 1 amide bonds. The van der Waals surface area contributed by atoms with Crippen LogP contribution in [0.2, 0.25) is 0 Å². The first kappa shape index (κ1) is 11.8. The van der Waals surface area contributed by atoms with Crippen LogP contribution in [0.5, 0.6) is 0 Å². The Morgan fingerprint density at radius 2 is 2.33 bits per heavy atom. The predicted molar refractivity (Wildman–Crippen MR) is 56.4 cm³/mol. The van der Waals surface area contributed by atoms with Crippen molar-refractivity contribution in [2.24, 2.45) is 0 Å². The summed E-state index contributed by atoms with van der Waals surface area (Å²) in [5, 5.41) is 9.04. The van der Waals surface area contributed by atoms with Crippen LogP contribution in [-0.4, -0.2) is 34.5 Å². The second kappa shape index (κ2) is 4.96. The summed E-state index contributed by atoms with van der Waals surface area (Å²) in [6.07, 6.45) is 2.77. The van der Waals surface area contributed by atoms with Gasteiger partial charge < -0.3 is 10.0 Å². The zero-order valence-corrected chi connectivity index (χ0v) is 9.03. The van der Waals surface area contributed by atoms with Crippen molar-refractivity contribution in [1.82, 2.24) is 4.90 Å². The number of likely N-dealkylation sites (tertiary alicyclic amines) is 1. The maximum absolute atomic E-state index is 11.7. The second-order valence-corrected chi connectivity index (χ2v) is 3.85. The molecule has 1 aliphatic heterocycles. The van der Waals surface area contributed by atoms with E-state index in [-0.39, 0.29) is 5.91 Å². The van der Waals surface area contributed by atoms with Gasteiger partial charge in [-0.1, -0.05) is 19.9 Å². The Bertz CT molecular complexity index is 286. The molecule has 4 nitrogen and oxygen atoms in total. The van der Waals surface area contributed by atoms with Gasteiger partial charge in [-0.15, -0.1) is 0 Å². The van der Waals surface area contributed by atoms with Crippen LogP contribution < -0.4 is 0 Å². The lowest BCUT2D eigenvalue weighted by Gasteiger charge is -2.32. The monoisotopic (exact) mass is 211 g/mol. The maximum atomic E-state index is 11.7. The van der Waals surface area contributed by atoms with Crippen LogP contribution >= 0.6 is 0 Å². The number of hydrogen-bond donors (Lipinski definition) is 1. The van der Waals surface area contributed by atoms with Gasteiger partial charge in [0.05, 0.1) is 0 Å². The molecule has 0 aromatic carbocycles. The molecule has 1 unspecified atom stereocenters. The summed E-state index contributed by atoms with van der Waals surface area (Å²) < 4.78 is 0. The largest absolute Gasteiger partial charge is 0.480 e. The number of carboxylic acids is 1. The number of carbonyl (C=O) groups is 2. The van der Waals surface area contributed by atoms with Crippen LogP contribution in [0.3, 0.4) is 0 Å². The summed E-state index contributed by atoms with van der Waals surface area (Å²) in [5.74, 6) is -1.11. The molecule has 15 heavy (non-hydrogen) atoms. The van der Waals surface area contributed by atoms with Gasteiger partial charge in [0.15, 0.2) is 0 Å². The molecule has 1 atom stereocenters. The molecule has 0 saturated carbocycles. The number of piperidine rings is 1. The van der Waals surface area contributed by atoms with Crippen molar-refractivity contribution in [1.29, 1.82) is 0 Å². The van der Waals surface area contributed by atoms with Crippen LogP contribution in [0.4, 0.5) is 0 Å². The average molecular weight is 211 g/mol. The highest BCUT2D eigenvalue weighted by molar-refractivity contribution is 5.96. The molecule has 1 fully saturated rings. The first-order chi connectivity index (χ1) is 7.07. The van der Waals surface area contributed by atoms with Gasteiger partial charge in [-0.3, -0.25) is 4.79 Å². The molecule has 0 spiro atoms. The van der Waals surface area contributed by atoms with Crippen molar-refractivity contribution in [3.8, 4) is 0 Å². The summed E-state index contributed by atoms with van der Waals surface area (Å²) in [6, 6.07) is -0.681. The Morgan fingerprint density at radius 1 is 1.67 bits per heavy atom. The Hall–Kier alpha value is -1.32. The van der Waals surface area contributed by atoms with Crippen molar-refractivity contribution >= 4 is 11.9 Å². The lowest BCUT2D eigenvalue weighted by atomic mass is 10.0. The van der Waals surface area contributed by atoms with E-state index < -0.39 is 12.0 Å². The topological polar surface area (TPSA) is 57.6 Å². The molecule has 1 rings (SSSR count). The van der Waals surface area contributed by atoms with E-state index in [4.69, 9.17) is 5.11 Å². The van der Waals surface area contributed by atoms with Gasteiger partial charge in [0.25, 0.3) is 0 Å². The summed E-state index contributed by atoms with van der Waals surface area (Å²) in [7, 11) is 0. The highest BCUT2D eigenvalue weighted by atomic mass is 16.4. The quantitative estimate of drug-likeness (QED) is 0.715. The predicted octanol–water partition coefficient (Wildman–Crippen LogP) is 1.42. The number of carbonyl (C=O) groups excluding carboxylic acids is 1. The molecule has 4 heteroatoms. The molecule has 0 aromatic rings. The van der Waals surface area contributed by atoms with Gasteiger partial charge >= 0.3 is 5.97 Å². The van der Waals surface area contributed by atoms with Crippen molar-refractivity contribution < 1.29 is 14.7 Å². The van der Waals surface area contributed by atoms with Gasteiger partial charge in [-0.05, 0) is 19.3 Å². The van der Waals surface area contributed by atoms with Gasteiger partial charge in [0, 0.05) is 12.1 Å². The number of hydrogen-bond acceptors (Lipinski definition) is 2. The molecule has 1 N–H and O–H groups in total. The van der Waals surface area contributed by atoms with E-state index in [0.717, 1.165) is 12.8 Å². The third-order valence-corrected chi connectivity index (χ3v) is 2.66. The lowest BCUT2D eigenvalue weighted by molar-refractivity contribution is -0.149. The van der Waals surface area contributed by atoms with E-state index >= 15 is 0 Å². The minimum Gasteiger partial charge on any atom is -0.480 e. The molecule has 1 heterocycles. The Morgan fingerprint density at radius 3 is 2.87 bits per heavy atom. The third kappa shape index (κ3) is 2.58. The SMILES string of the molecule is C=C1CCCN(C(CCC)C(=O)O)C1=O. The molecular weight excluding hydrogens is 194 g/mol. The normalized spacial score (nSPS) is 19.1. The number of amides is 1. The first-order valence-electron chi connectivity index (χ1n) is 5.29. The summed E-state index contributed by atoms with van der Waals surface area (Å²) in [6.45, 7) is 6.12. The standard InChI is InChI=1S/C11H17NO3/c1-3-5-9(11(14)15)12-7-4-6-8(2)10(12)13/h9H,2-7H2,1H3,(H,14,15). The molecule has 0 radical (unpaired) electrons. The van der Waals surface area contributed by atoms with Crippen molar-refractivity contribution in [3.63, 3.8) is 0 Å². The minimum atomic E-state index is -0.917. The fourth-order valence-corrected chi connectivity index (χ4v) is 1.86. The number of carboxylic acid groups (broad SMARTS) is 1. The Labute approximate surface area is 89.6 Å². The fourth-order valence-electron chi connectivity index (χ4n) is 1.86. The molecule has 0 aliphatic carbocycles. The van der Waals surface area contributed by atoms with Crippen LogP contribution in [-0.2, 0) is 9.59 Å². The molecule has 1 aliphatic rings. The number of rotatable bonds is 4. The van der Waals surface area contributed by atoms with E-state index in [1.165, 1.54) is 4.90 Å². The highest BCUT2D eigenvalue weighted by Crippen LogP contribution is 2.20. The van der Waals surface area contributed by atoms with Crippen molar-refractivity contribution in [3.05, 3.63) is 12.2 Å². The van der Waals surface area contributed by atoms with Crippen LogP contribution in [0, 0.1) is 0 Å². The second-order valence-electron chi connectivity index (χ2n) is 3.85. The molecule has 84 valence electrons. The summed E-state index contributed by atoms with van der Waals surface area (Å²) in [5.41, 5.74) is 0.531. The highest BCUT2D eigenvalue weighted by Gasteiger charge is 2.31. The van der Waals surface area contributed by atoms with Crippen molar-refractivity contribution in [2.75, 3.05) is 6.54 Å². The van der Waals surface area contributed by atoms with Crippen molar-refractivity contribution in [2.45, 2.75) is 38.6 Å². The van der Waals surface area contributed by atoms with E-state index in [0.29, 0.717) is 25.0 Å². The van der Waals surface area contributed by atoms with Gasteiger partial charge in [-0.2, -0.15) is 0 Å². The smallest absolute Gasteiger partial charge is 0.326 e. The lowest BCUT2D eigenvalue weighted by Crippen LogP contribution is -2.48. The van der Waals surface area contributed by atoms with E-state index in [9.17, 15) is 9.59 Å². The fraction of sp³-hybridized carbons (Fsp3) is 0.636. The van der Waals surface area contributed by atoms with E-state index in [2.05, 4.69) is 6.58 Å². The van der Waals surface area contributed by atoms with E-state index in [1.807, 2.05) is 6.92 Å². The van der Waals surface area contributed by atoms with Crippen LogP contribution in [0.25, 0.3) is 0 Å². The van der Waals surface area contributed by atoms with Gasteiger partial charge in [0.1, 0.15) is 6.04 Å². The molecule has 0 bridgehead atoms. The third-order valence-electron chi connectivity index (χ3n) is 2.66. The zero-order valence-electron chi connectivity index (χ0n) is 9.03. The Kier molecular flexibility index (Phi) is 3.88. The average Bonchev–Trinajstić information content (AvgIpc) is 2.19. The Balaban J connectivity index is 2.77. The number of nitrogens with zero attached hydrogens (tertiary/aromatic N) is 1. The summed E-state index contributed by atoms with van der Waals surface area (Å²) >= 11 is 0. The number of aliphatic carboxylic acids is 1. The van der Waals surface area contributed by atoms with E-state index in [1.54, 1.807) is 0 Å². The van der Waals surface area contributed by atoms with Crippen LogP contribution in [0.1, 0.15) is 32.6 Å². The summed E-state index contributed by atoms with van der Waals surface area (Å²) in [4.78, 5) is 24.2. The minimum absolute atomic E-state index is 0.192. The zero-order chi connectivity index (χ0) is 11.4. The van der Waals surface area contributed by atoms with Gasteiger partial charge in [0.2, 0.25) is 5.91 Å². The maximum Gasteiger partial charge on any atom is 0.326 e. The molecule has 0 aromatic heterocycles. The molecule has 1 saturated heterocycles.